The Morgan fingerprint density at radius 1 is 1.43 bits per heavy atom. The third kappa shape index (κ3) is 2.07. The maximum absolute atomic E-state index is 13.1. The van der Waals surface area contributed by atoms with Gasteiger partial charge in [0.2, 0.25) is 0 Å². The molecule has 0 radical (unpaired) electrons. The van der Waals surface area contributed by atoms with E-state index < -0.39 is 17.8 Å². The highest BCUT2D eigenvalue weighted by atomic mass is 19.3. The molecule has 1 atom stereocenters. The number of halogens is 3. The highest BCUT2D eigenvalue weighted by Crippen LogP contribution is 2.24. The van der Waals surface area contributed by atoms with Gasteiger partial charge in [0, 0.05) is 6.42 Å². The summed E-state index contributed by atoms with van der Waals surface area (Å²) in [5, 5.41) is 0. The molecule has 1 nitrogen and oxygen atoms in total. The predicted molar refractivity (Wildman–Crippen MR) is 44.8 cm³/mol. The average molecular weight is 202 g/mol. The number of epoxide rings is 1. The molecule has 0 spiro atoms. The van der Waals surface area contributed by atoms with Gasteiger partial charge in [-0.25, -0.2) is 13.2 Å². The Bertz CT molecular complexity index is 334. The Labute approximate surface area is 79.5 Å². The van der Waals surface area contributed by atoms with Crippen molar-refractivity contribution in [2.75, 3.05) is 6.61 Å². The van der Waals surface area contributed by atoms with Crippen molar-refractivity contribution >= 4 is 0 Å². The molecule has 0 saturated carbocycles. The highest BCUT2D eigenvalue weighted by molar-refractivity contribution is 5.26. The van der Waals surface area contributed by atoms with Crippen LogP contribution in [-0.4, -0.2) is 12.7 Å². The van der Waals surface area contributed by atoms with E-state index in [1.54, 1.807) is 0 Å². The first-order valence-corrected chi connectivity index (χ1v) is 4.35. The van der Waals surface area contributed by atoms with Crippen LogP contribution < -0.4 is 0 Å². The fourth-order valence-electron chi connectivity index (χ4n) is 1.32. The molecule has 1 heterocycles. The third-order valence-electron chi connectivity index (χ3n) is 2.17. The lowest BCUT2D eigenvalue weighted by Crippen LogP contribution is -1.97. The minimum atomic E-state index is -2.75. The number of alkyl halides is 2. The first-order chi connectivity index (χ1) is 6.66. The van der Waals surface area contributed by atoms with Gasteiger partial charge in [-0.05, 0) is 11.6 Å². The molecule has 1 saturated heterocycles. The molecule has 14 heavy (non-hydrogen) atoms. The second kappa shape index (κ2) is 3.61. The van der Waals surface area contributed by atoms with Crippen molar-refractivity contribution in [1.29, 1.82) is 0 Å². The maximum Gasteiger partial charge on any atom is 0.266 e. The van der Waals surface area contributed by atoms with Crippen molar-refractivity contribution in [2.24, 2.45) is 0 Å². The molecule has 0 bridgehead atoms. The van der Waals surface area contributed by atoms with Crippen LogP contribution >= 0.6 is 0 Å². The van der Waals surface area contributed by atoms with Gasteiger partial charge < -0.3 is 4.74 Å². The summed E-state index contributed by atoms with van der Waals surface area (Å²) < 4.78 is 42.3. The van der Waals surface area contributed by atoms with E-state index in [1.807, 2.05) is 0 Å². The zero-order chi connectivity index (χ0) is 10.1. The SMILES string of the molecule is Fc1cc(CC2CO2)ccc1C(F)F. The van der Waals surface area contributed by atoms with Gasteiger partial charge in [0.15, 0.2) is 0 Å². The van der Waals surface area contributed by atoms with Gasteiger partial charge >= 0.3 is 0 Å². The van der Waals surface area contributed by atoms with Crippen molar-refractivity contribution in [3.63, 3.8) is 0 Å². The standard InChI is InChI=1S/C10H9F3O/c11-9-4-6(3-7-5-14-7)1-2-8(9)10(12)13/h1-2,4,7,10H,3,5H2. The lowest BCUT2D eigenvalue weighted by molar-refractivity contribution is 0.146. The van der Waals surface area contributed by atoms with Crippen LogP contribution in [0.5, 0.6) is 0 Å². The van der Waals surface area contributed by atoms with Gasteiger partial charge in [0.05, 0.1) is 18.3 Å². The van der Waals surface area contributed by atoms with Gasteiger partial charge in [-0.15, -0.1) is 0 Å². The van der Waals surface area contributed by atoms with E-state index >= 15 is 0 Å². The minimum absolute atomic E-state index is 0.145. The molecule has 1 fully saturated rings. The number of hydrogen-bond donors (Lipinski definition) is 0. The molecule has 1 aromatic carbocycles. The third-order valence-corrected chi connectivity index (χ3v) is 2.17. The smallest absolute Gasteiger partial charge is 0.266 e. The van der Waals surface area contributed by atoms with Crippen molar-refractivity contribution in [2.45, 2.75) is 19.0 Å². The Morgan fingerprint density at radius 3 is 2.64 bits per heavy atom. The molecular weight excluding hydrogens is 193 g/mol. The minimum Gasteiger partial charge on any atom is -0.373 e. The van der Waals surface area contributed by atoms with E-state index in [0.29, 0.717) is 18.6 Å². The molecule has 1 aliphatic rings. The van der Waals surface area contributed by atoms with Crippen molar-refractivity contribution in [1.82, 2.24) is 0 Å². The van der Waals surface area contributed by atoms with Crippen LogP contribution in [0.3, 0.4) is 0 Å². The largest absolute Gasteiger partial charge is 0.373 e. The second-order valence-corrected chi connectivity index (χ2v) is 3.32. The first kappa shape index (κ1) is 9.52. The Balaban J connectivity index is 2.16. The summed E-state index contributed by atoms with van der Waals surface area (Å²) in [6.45, 7) is 0.679. The predicted octanol–water partition coefficient (Wildman–Crippen LogP) is 2.70. The Hall–Kier alpha value is -1.03. The van der Waals surface area contributed by atoms with Crippen LogP contribution in [0, 0.1) is 5.82 Å². The van der Waals surface area contributed by atoms with Gasteiger partial charge in [-0.2, -0.15) is 0 Å². The molecule has 1 unspecified atom stereocenters. The topological polar surface area (TPSA) is 12.5 Å². The molecule has 4 heteroatoms. The summed E-state index contributed by atoms with van der Waals surface area (Å²) in [6, 6.07) is 3.81. The van der Waals surface area contributed by atoms with Crippen molar-refractivity contribution < 1.29 is 17.9 Å². The zero-order valence-corrected chi connectivity index (χ0v) is 7.34. The van der Waals surface area contributed by atoms with Gasteiger partial charge in [-0.1, -0.05) is 12.1 Å². The van der Waals surface area contributed by atoms with Gasteiger partial charge in [0.25, 0.3) is 6.43 Å². The van der Waals surface area contributed by atoms with E-state index in [2.05, 4.69) is 0 Å². The summed E-state index contributed by atoms with van der Waals surface area (Å²) in [6.07, 6.45) is -2.01. The molecule has 0 aliphatic carbocycles. The molecule has 0 N–H and O–H groups in total. The van der Waals surface area contributed by atoms with Crippen LogP contribution in [0.4, 0.5) is 13.2 Å². The maximum atomic E-state index is 13.1. The summed E-state index contributed by atoms with van der Waals surface area (Å²) >= 11 is 0. The zero-order valence-electron chi connectivity index (χ0n) is 7.34. The van der Waals surface area contributed by atoms with Crippen LogP contribution in [0.2, 0.25) is 0 Å². The monoisotopic (exact) mass is 202 g/mol. The van der Waals surface area contributed by atoms with E-state index in [9.17, 15) is 13.2 Å². The second-order valence-electron chi connectivity index (χ2n) is 3.32. The fourth-order valence-corrected chi connectivity index (χ4v) is 1.32. The number of benzene rings is 1. The number of rotatable bonds is 3. The molecular formula is C10H9F3O. The van der Waals surface area contributed by atoms with E-state index in [4.69, 9.17) is 4.74 Å². The van der Waals surface area contributed by atoms with Crippen LogP contribution in [0.15, 0.2) is 18.2 Å². The van der Waals surface area contributed by atoms with Gasteiger partial charge in [0.1, 0.15) is 5.82 Å². The Morgan fingerprint density at radius 2 is 2.14 bits per heavy atom. The quantitative estimate of drug-likeness (QED) is 0.686. The fraction of sp³-hybridized carbons (Fsp3) is 0.400. The summed E-state index contributed by atoms with van der Waals surface area (Å²) in [4.78, 5) is 0. The summed E-state index contributed by atoms with van der Waals surface area (Å²) in [7, 11) is 0. The lowest BCUT2D eigenvalue weighted by Gasteiger charge is -2.03. The normalized spacial score (nSPS) is 20.1. The molecule has 1 aliphatic heterocycles. The lowest BCUT2D eigenvalue weighted by atomic mass is 10.1. The van der Waals surface area contributed by atoms with Gasteiger partial charge in [-0.3, -0.25) is 0 Å². The van der Waals surface area contributed by atoms with Crippen molar-refractivity contribution in [3.8, 4) is 0 Å². The van der Waals surface area contributed by atoms with Crippen LogP contribution in [0.25, 0.3) is 0 Å². The van der Waals surface area contributed by atoms with E-state index in [0.717, 1.165) is 12.1 Å². The van der Waals surface area contributed by atoms with E-state index in [-0.39, 0.29) is 6.10 Å². The van der Waals surface area contributed by atoms with Crippen LogP contribution in [0.1, 0.15) is 17.6 Å². The average Bonchev–Trinajstić information content (AvgIpc) is 2.87. The summed E-state index contributed by atoms with van der Waals surface area (Å²) in [5.41, 5.74) is 0.167. The Kier molecular flexibility index (Phi) is 2.46. The molecule has 0 amide bonds. The molecule has 2 rings (SSSR count). The van der Waals surface area contributed by atoms with Crippen molar-refractivity contribution in [3.05, 3.63) is 35.1 Å². The van der Waals surface area contributed by atoms with Crippen LogP contribution in [-0.2, 0) is 11.2 Å². The molecule has 1 aromatic rings. The highest BCUT2D eigenvalue weighted by Gasteiger charge is 2.23. The van der Waals surface area contributed by atoms with E-state index in [1.165, 1.54) is 6.07 Å². The molecule has 76 valence electrons. The number of ether oxygens (including phenoxy) is 1. The number of hydrogen-bond acceptors (Lipinski definition) is 1. The first-order valence-electron chi connectivity index (χ1n) is 4.35. The molecule has 0 aromatic heterocycles. The summed E-state index contributed by atoms with van der Waals surface area (Å²) in [5.74, 6) is -0.835.